The monoisotopic (exact) mass is 420 g/mol. The molecule has 2 heterocycles. The molecule has 0 saturated carbocycles. The van der Waals surface area contributed by atoms with Crippen molar-refractivity contribution in [1.82, 2.24) is 30.4 Å². The molecule has 5 aromatic rings. The molecule has 2 aromatic heterocycles. The van der Waals surface area contributed by atoms with Gasteiger partial charge in [-0.15, -0.1) is 0 Å². The maximum Gasteiger partial charge on any atom is 0.155 e. The molecule has 0 aliphatic carbocycles. The Bertz CT molecular complexity index is 1180. The van der Waals surface area contributed by atoms with Gasteiger partial charge in [0, 0.05) is 24.0 Å². The third kappa shape index (κ3) is 4.81. The van der Waals surface area contributed by atoms with E-state index in [1.54, 1.807) is 0 Å². The Labute approximate surface area is 186 Å². The first-order chi connectivity index (χ1) is 15.8. The van der Waals surface area contributed by atoms with Crippen molar-refractivity contribution >= 4 is 0 Å². The summed E-state index contributed by atoms with van der Waals surface area (Å²) < 4.78 is 0. The second kappa shape index (κ2) is 9.39. The SMILES string of the molecule is c1ccc(CCc2n[nH]c(-c3cccc(-c4nc(CCc5ccccc5)n[nH]4)c3)n2)cc1. The zero-order valence-corrected chi connectivity index (χ0v) is 17.7. The van der Waals surface area contributed by atoms with Crippen LogP contribution in [0.25, 0.3) is 22.8 Å². The maximum atomic E-state index is 4.69. The van der Waals surface area contributed by atoms with Gasteiger partial charge in [-0.25, -0.2) is 9.97 Å². The highest BCUT2D eigenvalue weighted by molar-refractivity contribution is 5.65. The van der Waals surface area contributed by atoms with Gasteiger partial charge >= 0.3 is 0 Å². The second-order valence-corrected chi connectivity index (χ2v) is 7.75. The molecule has 0 atom stereocenters. The van der Waals surface area contributed by atoms with E-state index in [4.69, 9.17) is 0 Å². The fourth-order valence-electron chi connectivity index (χ4n) is 3.69. The van der Waals surface area contributed by atoms with E-state index in [1.807, 2.05) is 30.3 Å². The first kappa shape index (κ1) is 19.9. The molecule has 0 radical (unpaired) electrons. The van der Waals surface area contributed by atoms with Crippen molar-refractivity contribution in [3.8, 4) is 22.8 Å². The predicted molar refractivity (Wildman–Crippen MR) is 125 cm³/mol. The van der Waals surface area contributed by atoms with E-state index < -0.39 is 0 Å². The van der Waals surface area contributed by atoms with Crippen molar-refractivity contribution < 1.29 is 0 Å². The van der Waals surface area contributed by atoms with Gasteiger partial charge in [0.25, 0.3) is 0 Å². The number of aromatic nitrogens is 6. The summed E-state index contributed by atoms with van der Waals surface area (Å²) in [6, 6.07) is 28.9. The van der Waals surface area contributed by atoms with Gasteiger partial charge in [0.05, 0.1) is 0 Å². The maximum absolute atomic E-state index is 4.69. The predicted octanol–water partition coefficient (Wildman–Crippen LogP) is 4.83. The molecule has 32 heavy (non-hydrogen) atoms. The highest BCUT2D eigenvalue weighted by Gasteiger charge is 2.10. The summed E-state index contributed by atoms with van der Waals surface area (Å²) in [6.45, 7) is 0. The summed E-state index contributed by atoms with van der Waals surface area (Å²) in [5.41, 5.74) is 4.52. The number of aromatic amines is 2. The first-order valence-electron chi connectivity index (χ1n) is 10.8. The lowest BCUT2D eigenvalue weighted by molar-refractivity contribution is 0.865. The third-order valence-electron chi connectivity index (χ3n) is 5.43. The molecule has 6 heteroatoms. The van der Waals surface area contributed by atoms with E-state index >= 15 is 0 Å². The Kier molecular flexibility index (Phi) is 5.83. The summed E-state index contributed by atoms with van der Waals surface area (Å²) in [5.74, 6) is 3.16. The van der Waals surface area contributed by atoms with Crippen molar-refractivity contribution in [2.45, 2.75) is 25.7 Å². The van der Waals surface area contributed by atoms with Crippen LogP contribution in [0.1, 0.15) is 22.8 Å². The van der Waals surface area contributed by atoms with E-state index in [-0.39, 0.29) is 0 Å². The van der Waals surface area contributed by atoms with E-state index in [9.17, 15) is 0 Å². The van der Waals surface area contributed by atoms with E-state index in [0.717, 1.165) is 60.1 Å². The van der Waals surface area contributed by atoms with Crippen LogP contribution in [0.3, 0.4) is 0 Å². The molecule has 2 N–H and O–H groups in total. The van der Waals surface area contributed by atoms with Crippen LogP contribution in [0, 0.1) is 0 Å². The fourth-order valence-corrected chi connectivity index (χ4v) is 3.69. The van der Waals surface area contributed by atoms with Crippen LogP contribution in [-0.2, 0) is 25.7 Å². The zero-order valence-electron chi connectivity index (χ0n) is 17.7. The van der Waals surface area contributed by atoms with Crippen LogP contribution in [0.2, 0.25) is 0 Å². The minimum absolute atomic E-state index is 0.763. The normalized spacial score (nSPS) is 11.0. The number of hydrogen-bond donors (Lipinski definition) is 2. The van der Waals surface area contributed by atoms with Gasteiger partial charge in [-0.3, -0.25) is 10.2 Å². The topological polar surface area (TPSA) is 83.1 Å². The summed E-state index contributed by atoms with van der Waals surface area (Å²) >= 11 is 0. The highest BCUT2D eigenvalue weighted by Crippen LogP contribution is 2.22. The first-order valence-corrected chi connectivity index (χ1v) is 10.8. The molecule has 3 aromatic carbocycles. The van der Waals surface area contributed by atoms with Gasteiger partial charge in [0.1, 0.15) is 0 Å². The standard InChI is InChI=1S/C26H24N6/c1-3-8-19(9-4-1)14-16-23-27-25(31-29-23)21-12-7-13-22(18-21)26-28-24(30-32-26)17-15-20-10-5-2-6-11-20/h1-13,18H,14-17H2,(H,27,29,31)(H,28,30,32). The number of rotatable bonds is 8. The Hall–Kier alpha value is -4.06. The molecular weight excluding hydrogens is 396 g/mol. The van der Waals surface area contributed by atoms with Gasteiger partial charge < -0.3 is 0 Å². The minimum atomic E-state index is 0.763. The van der Waals surface area contributed by atoms with Crippen LogP contribution in [0.5, 0.6) is 0 Å². The number of aryl methyl sites for hydroxylation is 4. The fraction of sp³-hybridized carbons (Fsp3) is 0.154. The summed E-state index contributed by atoms with van der Waals surface area (Å²) in [5, 5.41) is 14.9. The van der Waals surface area contributed by atoms with Crippen molar-refractivity contribution in [3.05, 3.63) is 108 Å². The Morgan fingerprint density at radius 1 is 0.500 bits per heavy atom. The quantitative estimate of drug-likeness (QED) is 0.377. The van der Waals surface area contributed by atoms with Gasteiger partial charge in [-0.2, -0.15) is 10.2 Å². The van der Waals surface area contributed by atoms with Gasteiger partial charge in [-0.05, 0) is 30.0 Å². The van der Waals surface area contributed by atoms with Crippen LogP contribution >= 0.6 is 0 Å². The number of nitrogens with one attached hydrogen (secondary N) is 2. The molecule has 158 valence electrons. The van der Waals surface area contributed by atoms with Gasteiger partial charge in [0.2, 0.25) is 0 Å². The average Bonchev–Trinajstić information content (AvgIpc) is 3.53. The number of nitrogens with zero attached hydrogens (tertiary/aromatic N) is 4. The van der Waals surface area contributed by atoms with Gasteiger partial charge in [0.15, 0.2) is 23.3 Å². The molecule has 0 aliphatic rings. The van der Waals surface area contributed by atoms with Crippen molar-refractivity contribution in [1.29, 1.82) is 0 Å². The van der Waals surface area contributed by atoms with E-state index in [2.05, 4.69) is 85.0 Å². The zero-order chi connectivity index (χ0) is 21.6. The lowest BCUT2D eigenvalue weighted by atomic mass is 10.1. The lowest BCUT2D eigenvalue weighted by Crippen LogP contribution is -1.93. The molecule has 0 saturated heterocycles. The number of benzene rings is 3. The van der Waals surface area contributed by atoms with Gasteiger partial charge in [-0.1, -0.05) is 78.9 Å². The second-order valence-electron chi connectivity index (χ2n) is 7.75. The van der Waals surface area contributed by atoms with Crippen molar-refractivity contribution in [2.24, 2.45) is 0 Å². The summed E-state index contributed by atoms with van der Waals surface area (Å²) in [4.78, 5) is 9.37. The molecule has 5 rings (SSSR count). The molecule has 0 spiro atoms. The Morgan fingerprint density at radius 2 is 0.969 bits per heavy atom. The molecule has 0 amide bonds. The Balaban J connectivity index is 1.26. The molecular formula is C26H24N6. The van der Waals surface area contributed by atoms with Crippen molar-refractivity contribution in [3.63, 3.8) is 0 Å². The molecule has 0 unspecified atom stereocenters. The van der Waals surface area contributed by atoms with Crippen LogP contribution in [-0.4, -0.2) is 30.4 Å². The van der Waals surface area contributed by atoms with Crippen LogP contribution in [0.4, 0.5) is 0 Å². The summed E-state index contributed by atoms with van der Waals surface area (Å²) in [7, 11) is 0. The van der Waals surface area contributed by atoms with E-state index in [1.165, 1.54) is 11.1 Å². The lowest BCUT2D eigenvalue weighted by Gasteiger charge is -2.00. The molecule has 0 bridgehead atoms. The Morgan fingerprint density at radius 3 is 1.44 bits per heavy atom. The smallest absolute Gasteiger partial charge is 0.155 e. The largest absolute Gasteiger partial charge is 0.259 e. The average molecular weight is 421 g/mol. The van der Waals surface area contributed by atoms with Crippen molar-refractivity contribution in [2.75, 3.05) is 0 Å². The number of H-pyrrole nitrogens is 2. The minimum Gasteiger partial charge on any atom is -0.259 e. The summed E-state index contributed by atoms with van der Waals surface area (Å²) in [6.07, 6.45) is 3.43. The number of hydrogen-bond acceptors (Lipinski definition) is 4. The van der Waals surface area contributed by atoms with E-state index in [0.29, 0.717) is 0 Å². The van der Waals surface area contributed by atoms with Crippen LogP contribution in [0.15, 0.2) is 84.9 Å². The molecule has 6 nitrogen and oxygen atoms in total. The van der Waals surface area contributed by atoms with Crippen LogP contribution < -0.4 is 0 Å². The molecule has 0 fully saturated rings. The molecule has 0 aliphatic heterocycles. The highest BCUT2D eigenvalue weighted by atomic mass is 15.2. The third-order valence-corrected chi connectivity index (χ3v) is 5.43.